The molecule has 0 fully saturated rings. The lowest BCUT2D eigenvalue weighted by Gasteiger charge is -2.17. The Kier molecular flexibility index (Phi) is 4.14. The van der Waals surface area contributed by atoms with Crippen LogP contribution in [0.4, 0.5) is 0 Å². The molecule has 0 aliphatic carbocycles. The number of allylic oxidation sites excluding steroid dienone is 2. The van der Waals surface area contributed by atoms with Gasteiger partial charge in [0.2, 0.25) is 0 Å². The van der Waals surface area contributed by atoms with Crippen LogP contribution in [0.5, 0.6) is 0 Å². The van der Waals surface area contributed by atoms with Crippen molar-refractivity contribution in [3.8, 4) is 0 Å². The van der Waals surface area contributed by atoms with Crippen molar-refractivity contribution >= 4 is 5.71 Å². The van der Waals surface area contributed by atoms with Crippen molar-refractivity contribution in [3.05, 3.63) is 59.7 Å². The summed E-state index contributed by atoms with van der Waals surface area (Å²) >= 11 is 0. The van der Waals surface area contributed by atoms with E-state index in [-0.39, 0.29) is 0 Å². The summed E-state index contributed by atoms with van der Waals surface area (Å²) in [4.78, 5) is 4.53. The summed E-state index contributed by atoms with van der Waals surface area (Å²) in [5.41, 5.74) is 5.02. The van der Waals surface area contributed by atoms with E-state index in [9.17, 15) is 0 Å². The maximum atomic E-state index is 4.53. The Hall–Kier alpha value is -1.63. The molecule has 0 bridgehead atoms. The first kappa shape index (κ1) is 12.8. The lowest BCUT2D eigenvalue weighted by Crippen LogP contribution is -2.07. The van der Waals surface area contributed by atoms with Gasteiger partial charge in [0.15, 0.2) is 0 Å². The smallest absolute Gasteiger partial charge is 0.0597 e. The van der Waals surface area contributed by atoms with Crippen molar-refractivity contribution < 1.29 is 0 Å². The lowest BCUT2D eigenvalue weighted by atomic mass is 9.89. The van der Waals surface area contributed by atoms with Gasteiger partial charge in [-0.05, 0) is 48.5 Å². The largest absolute Gasteiger partial charge is 0.285 e. The maximum Gasteiger partial charge on any atom is 0.0597 e. The molecular formula is C17H21N. The lowest BCUT2D eigenvalue weighted by molar-refractivity contribution is 0.762. The first-order valence-electron chi connectivity index (χ1n) is 6.63. The Balaban J connectivity index is 2.06. The second kappa shape index (κ2) is 5.81. The molecular weight excluding hydrogens is 218 g/mol. The van der Waals surface area contributed by atoms with Gasteiger partial charge in [0.1, 0.15) is 0 Å². The Labute approximate surface area is 110 Å². The Morgan fingerprint density at radius 1 is 1.39 bits per heavy atom. The van der Waals surface area contributed by atoms with Gasteiger partial charge in [-0.2, -0.15) is 0 Å². The molecule has 1 unspecified atom stereocenters. The van der Waals surface area contributed by atoms with Crippen molar-refractivity contribution in [2.24, 2.45) is 4.99 Å². The fraction of sp³-hybridized carbons (Fsp3) is 0.353. The SMILES string of the molecule is C=C(CC(C)c1ccccc1C)C1=NCCC=C1. The van der Waals surface area contributed by atoms with E-state index in [2.05, 4.69) is 61.8 Å². The van der Waals surface area contributed by atoms with Crippen LogP contribution in [0.15, 0.2) is 53.6 Å². The average Bonchev–Trinajstić information content (AvgIpc) is 2.40. The zero-order chi connectivity index (χ0) is 13.0. The zero-order valence-corrected chi connectivity index (χ0v) is 11.3. The van der Waals surface area contributed by atoms with Crippen molar-refractivity contribution in [3.63, 3.8) is 0 Å². The molecule has 0 spiro atoms. The Morgan fingerprint density at radius 2 is 2.17 bits per heavy atom. The molecule has 1 aliphatic heterocycles. The van der Waals surface area contributed by atoms with Gasteiger partial charge in [0, 0.05) is 6.54 Å². The topological polar surface area (TPSA) is 12.4 Å². The predicted octanol–water partition coefficient (Wildman–Crippen LogP) is 4.45. The van der Waals surface area contributed by atoms with Crippen LogP contribution >= 0.6 is 0 Å². The highest BCUT2D eigenvalue weighted by molar-refractivity contribution is 6.08. The summed E-state index contributed by atoms with van der Waals surface area (Å²) in [6.07, 6.45) is 6.33. The molecule has 1 aromatic rings. The Morgan fingerprint density at radius 3 is 2.83 bits per heavy atom. The molecule has 1 atom stereocenters. The third-order valence-electron chi connectivity index (χ3n) is 3.49. The number of hydrogen-bond donors (Lipinski definition) is 0. The van der Waals surface area contributed by atoms with Gasteiger partial charge in [-0.3, -0.25) is 4.99 Å². The number of rotatable bonds is 4. The summed E-state index contributed by atoms with van der Waals surface area (Å²) < 4.78 is 0. The van der Waals surface area contributed by atoms with Gasteiger partial charge in [-0.25, -0.2) is 0 Å². The van der Waals surface area contributed by atoms with E-state index in [0.717, 1.165) is 30.7 Å². The van der Waals surface area contributed by atoms with Crippen LogP contribution in [0.1, 0.15) is 36.8 Å². The van der Waals surface area contributed by atoms with Crippen molar-refractivity contribution in [1.82, 2.24) is 0 Å². The molecule has 1 nitrogen and oxygen atoms in total. The van der Waals surface area contributed by atoms with E-state index in [1.54, 1.807) is 0 Å². The molecule has 0 radical (unpaired) electrons. The van der Waals surface area contributed by atoms with E-state index in [4.69, 9.17) is 0 Å². The maximum absolute atomic E-state index is 4.53. The molecule has 1 heterocycles. The fourth-order valence-electron chi connectivity index (χ4n) is 2.46. The zero-order valence-electron chi connectivity index (χ0n) is 11.3. The molecule has 1 heteroatoms. The van der Waals surface area contributed by atoms with Crippen LogP contribution in [0.2, 0.25) is 0 Å². The average molecular weight is 239 g/mol. The van der Waals surface area contributed by atoms with Crippen molar-refractivity contribution in [2.45, 2.75) is 32.6 Å². The second-order valence-electron chi connectivity index (χ2n) is 5.02. The van der Waals surface area contributed by atoms with Crippen LogP contribution in [0.3, 0.4) is 0 Å². The summed E-state index contributed by atoms with van der Waals surface area (Å²) in [5, 5.41) is 0. The molecule has 0 N–H and O–H groups in total. The Bertz CT molecular complexity index is 494. The molecule has 18 heavy (non-hydrogen) atoms. The minimum Gasteiger partial charge on any atom is -0.285 e. The molecule has 0 amide bonds. The summed E-state index contributed by atoms with van der Waals surface area (Å²) in [5.74, 6) is 0.497. The fourth-order valence-corrected chi connectivity index (χ4v) is 2.46. The molecule has 0 saturated carbocycles. The highest BCUT2D eigenvalue weighted by Gasteiger charge is 2.12. The number of aliphatic imine (C=N–C) groups is 1. The normalized spacial score (nSPS) is 16.2. The van der Waals surface area contributed by atoms with Gasteiger partial charge in [0.05, 0.1) is 5.71 Å². The van der Waals surface area contributed by atoms with Crippen LogP contribution in [0, 0.1) is 6.92 Å². The van der Waals surface area contributed by atoms with Crippen LogP contribution in [-0.4, -0.2) is 12.3 Å². The second-order valence-corrected chi connectivity index (χ2v) is 5.02. The summed E-state index contributed by atoms with van der Waals surface area (Å²) in [7, 11) is 0. The third-order valence-corrected chi connectivity index (χ3v) is 3.49. The van der Waals surface area contributed by atoms with Gasteiger partial charge < -0.3 is 0 Å². The number of benzene rings is 1. The predicted molar refractivity (Wildman–Crippen MR) is 79.4 cm³/mol. The summed E-state index contributed by atoms with van der Waals surface area (Å²) in [6.45, 7) is 9.54. The third kappa shape index (κ3) is 2.98. The monoisotopic (exact) mass is 239 g/mol. The van der Waals surface area contributed by atoms with E-state index < -0.39 is 0 Å². The molecule has 1 aliphatic rings. The number of nitrogens with zero attached hydrogens (tertiary/aromatic N) is 1. The summed E-state index contributed by atoms with van der Waals surface area (Å²) in [6, 6.07) is 8.59. The minimum absolute atomic E-state index is 0.497. The first-order valence-corrected chi connectivity index (χ1v) is 6.63. The number of aryl methyl sites for hydroxylation is 1. The van der Waals surface area contributed by atoms with Gasteiger partial charge in [-0.15, -0.1) is 0 Å². The highest BCUT2D eigenvalue weighted by atomic mass is 14.7. The van der Waals surface area contributed by atoms with Gasteiger partial charge >= 0.3 is 0 Å². The van der Waals surface area contributed by atoms with Gasteiger partial charge in [-0.1, -0.05) is 43.8 Å². The minimum atomic E-state index is 0.497. The molecule has 0 aromatic heterocycles. The number of dihydropyridines is 1. The standard InChI is InChI=1S/C17H21N/c1-13-8-4-5-9-16(13)14(2)12-15(3)17-10-6-7-11-18-17/h4-6,8-10,14H,3,7,11-12H2,1-2H3. The van der Waals surface area contributed by atoms with Crippen LogP contribution in [-0.2, 0) is 0 Å². The van der Waals surface area contributed by atoms with Gasteiger partial charge in [0.25, 0.3) is 0 Å². The first-order chi connectivity index (χ1) is 8.68. The van der Waals surface area contributed by atoms with E-state index >= 15 is 0 Å². The van der Waals surface area contributed by atoms with Crippen molar-refractivity contribution in [1.29, 1.82) is 0 Å². The molecule has 0 saturated heterocycles. The molecule has 1 aromatic carbocycles. The highest BCUT2D eigenvalue weighted by Crippen LogP contribution is 2.26. The van der Waals surface area contributed by atoms with Crippen LogP contribution < -0.4 is 0 Å². The van der Waals surface area contributed by atoms with E-state index in [0.29, 0.717) is 5.92 Å². The van der Waals surface area contributed by atoms with Crippen molar-refractivity contribution in [2.75, 3.05) is 6.54 Å². The van der Waals surface area contributed by atoms with Crippen LogP contribution in [0.25, 0.3) is 0 Å². The quantitative estimate of drug-likeness (QED) is 0.736. The molecule has 94 valence electrons. The molecule has 2 rings (SSSR count). The van der Waals surface area contributed by atoms with E-state index in [1.807, 2.05) is 0 Å². The number of hydrogen-bond acceptors (Lipinski definition) is 1. The van der Waals surface area contributed by atoms with E-state index in [1.165, 1.54) is 11.1 Å².